The van der Waals surface area contributed by atoms with Gasteiger partial charge < -0.3 is 18.9 Å². The van der Waals surface area contributed by atoms with Gasteiger partial charge in [-0.3, -0.25) is 4.79 Å². The highest BCUT2D eigenvalue weighted by molar-refractivity contribution is 5.76. The van der Waals surface area contributed by atoms with E-state index < -0.39 is 5.92 Å². The summed E-state index contributed by atoms with van der Waals surface area (Å²) in [5, 5.41) is 0. The van der Waals surface area contributed by atoms with Gasteiger partial charge in [0.15, 0.2) is 11.5 Å². The van der Waals surface area contributed by atoms with E-state index in [1.807, 2.05) is 91.0 Å². The number of benzene rings is 5. The second-order valence-corrected chi connectivity index (χ2v) is 12.4. The molecule has 0 radical (unpaired) electrons. The Morgan fingerprint density at radius 3 is 1.91 bits per heavy atom. The number of methoxy groups -OCH3 is 1. The molecule has 1 aliphatic carbocycles. The summed E-state index contributed by atoms with van der Waals surface area (Å²) in [6, 6.07) is 40.6. The number of carbonyl (C=O) groups excluding carboxylic acids is 1. The number of aryl methyl sites for hydroxylation is 2. The zero-order valence-corrected chi connectivity index (χ0v) is 27.4. The Labute approximate surface area is 278 Å². The third kappa shape index (κ3) is 7.75. The van der Waals surface area contributed by atoms with Crippen LogP contribution in [0.3, 0.4) is 0 Å². The van der Waals surface area contributed by atoms with Crippen LogP contribution in [-0.2, 0) is 40.5 Å². The van der Waals surface area contributed by atoms with Crippen molar-refractivity contribution in [2.45, 2.75) is 46.0 Å². The van der Waals surface area contributed by atoms with Crippen molar-refractivity contribution in [3.63, 3.8) is 0 Å². The lowest BCUT2D eigenvalue weighted by Gasteiger charge is -2.39. The second kappa shape index (κ2) is 15.1. The lowest BCUT2D eigenvalue weighted by Crippen LogP contribution is -2.39. The Morgan fingerprint density at radius 1 is 0.681 bits per heavy atom. The normalized spacial score (nSPS) is 17.0. The molecule has 240 valence electrons. The largest absolute Gasteiger partial charge is 0.493 e. The molecule has 1 aliphatic rings. The summed E-state index contributed by atoms with van der Waals surface area (Å²) in [6.45, 7) is 5.83. The van der Waals surface area contributed by atoms with Gasteiger partial charge in [-0.25, -0.2) is 0 Å². The number of ether oxygens (including phenoxy) is 4. The summed E-state index contributed by atoms with van der Waals surface area (Å²) in [6.07, 6.45) is 0.724. The van der Waals surface area contributed by atoms with Crippen LogP contribution in [-0.4, -0.2) is 19.7 Å². The van der Waals surface area contributed by atoms with E-state index in [2.05, 4.69) is 44.2 Å². The van der Waals surface area contributed by atoms with Crippen LogP contribution < -0.4 is 9.47 Å². The highest BCUT2D eigenvalue weighted by Gasteiger charge is 2.43. The van der Waals surface area contributed by atoms with Gasteiger partial charge in [0.1, 0.15) is 13.2 Å². The van der Waals surface area contributed by atoms with Crippen LogP contribution in [0, 0.1) is 25.7 Å². The van der Waals surface area contributed by atoms with E-state index in [4.69, 9.17) is 18.9 Å². The van der Waals surface area contributed by atoms with E-state index in [9.17, 15) is 4.79 Å². The van der Waals surface area contributed by atoms with E-state index in [1.54, 1.807) is 7.11 Å². The molecule has 3 atom stereocenters. The molecule has 5 aromatic rings. The fourth-order valence-corrected chi connectivity index (χ4v) is 6.58. The molecule has 5 heteroatoms. The summed E-state index contributed by atoms with van der Waals surface area (Å²) in [5.74, 6) is 0.236. The van der Waals surface area contributed by atoms with E-state index in [1.165, 1.54) is 16.7 Å². The number of esters is 1. The van der Waals surface area contributed by atoms with Crippen LogP contribution in [0.1, 0.15) is 50.4 Å². The topological polar surface area (TPSA) is 54.0 Å². The zero-order valence-electron chi connectivity index (χ0n) is 27.4. The number of hydrogen-bond acceptors (Lipinski definition) is 5. The van der Waals surface area contributed by atoms with Gasteiger partial charge >= 0.3 is 5.97 Å². The van der Waals surface area contributed by atoms with E-state index >= 15 is 0 Å². The van der Waals surface area contributed by atoms with Gasteiger partial charge in [-0.15, -0.1) is 0 Å². The molecule has 47 heavy (non-hydrogen) atoms. The standard InChI is InChI=1S/C42H42O5/c1-29-21-35-23-36(28-45-25-31-13-7-4-8-14-31)41(42(43)47-27-33-17-11-6-12-18-33)40(37(35)22-30(29)2)34-19-20-38(39(24-34)44-3)46-26-32-15-9-5-10-16-32/h4-22,24,36,40-41H,23,25-28H2,1-3H3. The number of carbonyl (C=O) groups is 1. The van der Waals surface area contributed by atoms with Crippen LogP contribution >= 0.6 is 0 Å². The number of fused-ring (bicyclic) bond motifs is 1. The maximum absolute atomic E-state index is 14.3. The Hall–Kier alpha value is -4.87. The van der Waals surface area contributed by atoms with Crippen molar-refractivity contribution >= 4 is 5.97 Å². The molecule has 0 spiro atoms. The summed E-state index contributed by atoms with van der Waals surface area (Å²) in [7, 11) is 1.66. The van der Waals surface area contributed by atoms with Crippen LogP contribution in [0.5, 0.6) is 11.5 Å². The van der Waals surface area contributed by atoms with E-state index in [0.29, 0.717) is 31.3 Å². The third-order valence-corrected chi connectivity index (χ3v) is 9.16. The lowest BCUT2D eigenvalue weighted by molar-refractivity contribution is -0.154. The molecule has 0 amide bonds. The van der Waals surface area contributed by atoms with E-state index in [-0.39, 0.29) is 24.4 Å². The van der Waals surface area contributed by atoms with Crippen molar-refractivity contribution in [2.75, 3.05) is 13.7 Å². The molecule has 0 bridgehead atoms. The Bertz CT molecular complexity index is 1770. The van der Waals surface area contributed by atoms with Crippen molar-refractivity contribution in [1.82, 2.24) is 0 Å². The minimum atomic E-state index is -0.468. The monoisotopic (exact) mass is 626 g/mol. The third-order valence-electron chi connectivity index (χ3n) is 9.16. The predicted molar refractivity (Wildman–Crippen MR) is 185 cm³/mol. The Morgan fingerprint density at radius 2 is 1.28 bits per heavy atom. The molecular weight excluding hydrogens is 584 g/mol. The van der Waals surface area contributed by atoms with Crippen molar-refractivity contribution < 1.29 is 23.7 Å². The van der Waals surface area contributed by atoms with Gasteiger partial charge in [0.25, 0.3) is 0 Å². The summed E-state index contributed by atoms with van der Waals surface area (Å²) in [4.78, 5) is 14.3. The van der Waals surface area contributed by atoms with E-state index in [0.717, 1.165) is 34.2 Å². The van der Waals surface area contributed by atoms with Crippen LogP contribution in [0.4, 0.5) is 0 Å². The first kappa shape index (κ1) is 32.1. The van der Waals surface area contributed by atoms with Crippen molar-refractivity contribution in [2.24, 2.45) is 11.8 Å². The van der Waals surface area contributed by atoms with Gasteiger partial charge in [0.05, 0.1) is 26.2 Å². The first-order valence-electron chi connectivity index (χ1n) is 16.3. The maximum atomic E-state index is 14.3. The van der Waals surface area contributed by atoms with Crippen molar-refractivity contribution in [3.05, 3.63) is 166 Å². The zero-order chi connectivity index (χ0) is 32.6. The highest BCUT2D eigenvalue weighted by Crippen LogP contribution is 2.47. The molecule has 5 aromatic carbocycles. The van der Waals surface area contributed by atoms with Crippen molar-refractivity contribution in [3.8, 4) is 11.5 Å². The summed E-state index contributed by atoms with van der Waals surface area (Å²) in [5.41, 5.74) is 8.93. The fraction of sp³-hybridized carbons (Fsp3) is 0.262. The molecule has 0 N–H and O–H groups in total. The molecule has 0 aromatic heterocycles. The molecule has 6 rings (SSSR count). The molecule has 3 unspecified atom stereocenters. The average molecular weight is 627 g/mol. The van der Waals surface area contributed by atoms with Gasteiger partial charge in [-0.2, -0.15) is 0 Å². The van der Waals surface area contributed by atoms with Crippen LogP contribution in [0.25, 0.3) is 0 Å². The van der Waals surface area contributed by atoms with Gasteiger partial charge in [0, 0.05) is 11.8 Å². The summed E-state index contributed by atoms with van der Waals surface area (Å²) >= 11 is 0. The molecule has 0 saturated carbocycles. The molecule has 5 nitrogen and oxygen atoms in total. The minimum absolute atomic E-state index is 0.0957. The second-order valence-electron chi connectivity index (χ2n) is 12.4. The van der Waals surface area contributed by atoms with Crippen LogP contribution in [0.15, 0.2) is 121 Å². The lowest BCUT2D eigenvalue weighted by atomic mass is 9.66. The van der Waals surface area contributed by atoms with Gasteiger partial charge in [-0.1, -0.05) is 109 Å². The molecule has 0 aliphatic heterocycles. The number of rotatable bonds is 12. The Balaban J connectivity index is 1.36. The average Bonchev–Trinajstić information content (AvgIpc) is 3.11. The predicted octanol–water partition coefficient (Wildman–Crippen LogP) is 8.77. The van der Waals surface area contributed by atoms with Gasteiger partial charge in [0.2, 0.25) is 0 Å². The molecule has 0 fully saturated rings. The number of hydrogen-bond donors (Lipinski definition) is 0. The van der Waals surface area contributed by atoms with Crippen molar-refractivity contribution in [1.29, 1.82) is 0 Å². The van der Waals surface area contributed by atoms with Crippen LogP contribution in [0.2, 0.25) is 0 Å². The first-order chi connectivity index (χ1) is 23.0. The SMILES string of the molecule is COc1cc(C2c3cc(C)c(C)cc3CC(COCc3ccccc3)C2C(=O)OCc2ccccc2)ccc1OCc1ccccc1. The minimum Gasteiger partial charge on any atom is -0.493 e. The molecule has 0 heterocycles. The Kier molecular flexibility index (Phi) is 10.3. The fourth-order valence-electron chi connectivity index (χ4n) is 6.58. The maximum Gasteiger partial charge on any atom is 0.310 e. The molecule has 0 saturated heterocycles. The first-order valence-corrected chi connectivity index (χ1v) is 16.3. The van der Waals surface area contributed by atoms with Gasteiger partial charge in [-0.05, 0) is 76.9 Å². The summed E-state index contributed by atoms with van der Waals surface area (Å²) < 4.78 is 24.5. The molecular formula is C42H42O5. The smallest absolute Gasteiger partial charge is 0.310 e. The highest BCUT2D eigenvalue weighted by atomic mass is 16.5. The quantitative estimate of drug-likeness (QED) is 0.130.